The van der Waals surface area contributed by atoms with Crippen LogP contribution < -0.4 is 5.32 Å². The molecular formula is C20H24N2O. The summed E-state index contributed by atoms with van der Waals surface area (Å²) in [6.45, 7) is 1.83. The number of nitrogens with zero attached hydrogens (tertiary/aromatic N) is 1. The Bertz CT molecular complexity index is 606. The molecule has 1 aliphatic heterocycles. The highest BCUT2D eigenvalue weighted by Crippen LogP contribution is 2.43. The van der Waals surface area contributed by atoms with Gasteiger partial charge in [-0.1, -0.05) is 60.7 Å². The molecule has 120 valence electrons. The van der Waals surface area contributed by atoms with Crippen LogP contribution in [0.3, 0.4) is 0 Å². The monoisotopic (exact) mass is 308 g/mol. The molecule has 3 heteroatoms. The largest absolute Gasteiger partial charge is 0.348 e. The first-order chi connectivity index (χ1) is 11.2. The summed E-state index contributed by atoms with van der Waals surface area (Å²) in [6.07, 6.45) is 1.00. The fourth-order valence-corrected chi connectivity index (χ4v) is 3.84. The standard InChI is InChI=1S/C20H24N2O/c1-22(2)19(23)20(18-13-14-21-15-18,16-9-5-3-6-10-16)17-11-7-4-8-12-17/h3-12,18,21H,13-15H2,1-2H3. The maximum Gasteiger partial charge on any atom is 0.237 e. The van der Waals surface area contributed by atoms with E-state index >= 15 is 0 Å². The van der Waals surface area contributed by atoms with Crippen LogP contribution in [0.4, 0.5) is 0 Å². The van der Waals surface area contributed by atoms with Crippen LogP contribution in [-0.2, 0) is 10.2 Å². The lowest BCUT2D eigenvalue weighted by molar-refractivity contribution is -0.135. The number of amides is 1. The van der Waals surface area contributed by atoms with Crippen LogP contribution in [-0.4, -0.2) is 38.0 Å². The number of nitrogens with one attached hydrogen (secondary N) is 1. The van der Waals surface area contributed by atoms with E-state index in [1.54, 1.807) is 4.90 Å². The van der Waals surface area contributed by atoms with Gasteiger partial charge in [-0.3, -0.25) is 4.79 Å². The van der Waals surface area contributed by atoms with Crippen molar-refractivity contribution in [3.05, 3.63) is 71.8 Å². The van der Waals surface area contributed by atoms with Crippen molar-refractivity contribution in [1.82, 2.24) is 10.2 Å². The quantitative estimate of drug-likeness (QED) is 0.942. The highest BCUT2D eigenvalue weighted by Gasteiger charge is 2.49. The molecule has 3 nitrogen and oxygen atoms in total. The van der Waals surface area contributed by atoms with Crippen molar-refractivity contribution in [3.63, 3.8) is 0 Å². The molecule has 1 N–H and O–H groups in total. The zero-order valence-electron chi connectivity index (χ0n) is 13.8. The third kappa shape index (κ3) is 2.66. The summed E-state index contributed by atoms with van der Waals surface area (Å²) in [7, 11) is 3.71. The molecule has 0 aromatic heterocycles. The van der Waals surface area contributed by atoms with Gasteiger partial charge < -0.3 is 10.2 Å². The van der Waals surface area contributed by atoms with E-state index in [9.17, 15) is 4.79 Å². The molecule has 1 fully saturated rings. The Morgan fingerprint density at radius 1 is 1.00 bits per heavy atom. The lowest BCUT2D eigenvalue weighted by atomic mass is 9.64. The molecule has 3 rings (SSSR count). The maximum atomic E-state index is 13.5. The minimum Gasteiger partial charge on any atom is -0.348 e. The van der Waals surface area contributed by atoms with Gasteiger partial charge in [-0.2, -0.15) is 0 Å². The number of carbonyl (C=O) groups is 1. The third-order valence-electron chi connectivity index (χ3n) is 4.87. The SMILES string of the molecule is CN(C)C(=O)C(c1ccccc1)(c1ccccc1)C1CCNC1. The highest BCUT2D eigenvalue weighted by atomic mass is 16.2. The van der Waals surface area contributed by atoms with Gasteiger partial charge in [0.1, 0.15) is 5.41 Å². The van der Waals surface area contributed by atoms with Crippen LogP contribution >= 0.6 is 0 Å². The van der Waals surface area contributed by atoms with Crippen LogP contribution in [0.5, 0.6) is 0 Å². The van der Waals surface area contributed by atoms with Crippen LogP contribution in [0.15, 0.2) is 60.7 Å². The number of likely N-dealkylation sites (N-methyl/N-ethyl adjacent to an activating group) is 1. The molecular weight excluding hydrogens is 284 g/mol. The molecule has 0 spiro atoms. The number of hydrogen-bond acceptors (Lipinski definition) is 2. The first-order valence-electron chi connectivity index (χ1n) is 8.21. The molecule has 1 unspecified atom stereocenters. The Balaban J connectivity index is 2.27. The zero-order chi connectivity index (χ0) is 16.3. The van der Waals surface area contributed by atoms with Crippen LogP contribution in [0.1, 0.15) is 17.5 Å². The topological polar surface area (TPSA) is 32.3 Å². The minimum atomic E-state index is -0.629. The van der Waals surface area contributed by atoms with Crippen molar-refractivity contribution < 1.29 is 4.79 Å². The highest BCUT2D eigenvalue weighted by molar-refractivity contribution is 5.92. The van der Waals surface area contributed by atoms with E-state index in [-0.39, 0.29) is 11.8 Å². The van der Waals surface area contributed by atoms with Crippen LogP contribution in [0, 0.1) is 5.92 Å². The molecule has 2 aromatic carbocycles. The number of carbonyl (C=O) groups excluding carboxylic acids is 1. The number of rotatable bonds is 4. The fraction of sp³-hybridized carbons (Fsp3) is 0.350. The van der Waals surface area contributed by atoms with Gasteiger partial charge in [0.2, 0.25) is 5.91 Å². The fourth-order valence-electron chi connectivity index (χ4n) is 3.84. The molecule has 1 aliphatic rings. The Labute approximate surface area is 138 Å². The molecule has 1 heterocycles. The van der Waals surface area contributed by atoms with Gasteiger partial charge in [-0.05, 0) is 36.6 Å². The van der Waals surface area contributed by atoms with Crippen molar-refractivity contribution >= 4 is 5.91 Å². The molecule has 23 heavy (non-hydrogen) atoms. The summed E-state index contributed by atoms with van der Waals surface area (Å²) in [5.74, 6) is 0.408. The lowest BCUT2D eigenvalue weighted by Gasteiger charge is -2.40. The van der Waals surface area contributed by atoms with Gasteiger partial charge in [-0.15, -0.1) is 0 Å². The molecule has 1 atom stereocenters. The van der Waals surface area contributed by atoms with E-state index in [0.29, 0.717) is 0 Å². The Hall–Kier alpha value is -2.13. The minimum absolute atomic E-state index is 0.156. The second-order valence-corrected chi connectivity index (χ2v) is 6.43. The van der Waals surface area contributed by atoms with Gasteiger partial charge in [0.05, 0.1) is 0 Å². The van der Waals surface area contributed by atoms with E-state index in [1.807, 2.05) is 50.5 Å². The summed E-state index contributed by atoms with van der Waals surface area (Å²) in [4.78, 5) is 15.2. The van der Waals surface area contributed by atoms with E-state index in [4.69, 9.17) is 0 Å². The van der Waals surface area contributed by atoms with Gasteiger partial charge in [0, 0.05) is 14.1 Å². The van der Waals surface area contributed by atoms with Gasteiger partial charge in [-0.25, -0.2) is 0 Å². The maximum absolute atomic E-state index is 13.5. The predicted molar refractivity (Wildman–Crippen MR) is 93.3 cm³/mol. The van der Waals surface area contributed by atoms with Crippen molar-refractivity contribution in [2.45, 2.75) is 11.8 Å². The van der Waals surface area contributed by atoms with Crippen molar-refractivity contribution in [1.29, 1.82) is 0 Å². The molecule has 0 saturated carbocycles. The first-order valence-corrected chi connectivity index (χ1v) is 8.21. The number of hydrogen-bond donors (Lipinski definition) is 1. The Morgan fingerprint density at radius 2 is 1.52 bits per heavy atom. The summed E-state index contributed by atoms with van der Waals surface area (Å²) in [5.41, 5.74) is 1.53. The van der Waals surface area contributed by atoms with Crippen molar-refractivity contribution in [2.24, 2.45) is 5.92 Å². The smallest absolute Gasteiger partial charge is 0.237 e. The van der Waals surface area contributed by atoms with Gasteiger partial charge >= 0.3 is 0 Å². The van der Waals surface area contributed by atoms with E-state index in [2.05, 4.69) is 29.6 Å². The Kier molecular flexibility index (Phi) is 4.49. The molecule has 0 bridgehead atoms. The van der Waals surface area contributed by atoms with Gasteiger partial charge in [0.15, 0.2) is 0 Å². The zero-order valence-corrected chi connectivity index (χ0v) is 13.8. The molecule has 0 radical (unpaired) electrons. The summed E-state index contributed by atoms with van der Waals surface area (Å²) < 4.78 is 0. The lowest BCUT2D eigenvalue weighted by Crippen LogP contribution is -2.50. The van der Waals surface area contributed by atoms with Gasteiger partial charge in [0.25, 0.3) is 0 Å². The summed E-state index contributed by atoms with van der Waals surface area (Å²) in [6, 6.07) is 20.5. The number of benzene rings is 2. The first kappa shape index (κ1) is 15.8. The van der Waals surface area contributed by atoms with Crippen molar-refractivity contribution in [3.8, 4) is 0 Å². The average Bonchev–Trinajstić information content (AvgIpc) is 3.12. The normalized spacial score (nSPS) is 17.9. The third-order valence-corrected chi connectivity index (χ3v) is 4.87. The Morgan fingerprint density at radius 3 is 1.91 bits per heavy atom. The molecule has 1 saturated heterocycles. The van der Waals surface area contributed by atoms with E-state index in [1.165, 1.54) is 0 Å². The van der Waals surface area contributed by atoms with Crippen LogP contribution in [0.2, 0.25) is 0 Å². The molecule has 1 amide bonds. The second-order valence-electron chi connectivity index (χ2n) is 6.43. The molecule has 0 aliphatic carbocycles. The van der Waals surface area contributed by atoms with E-state index in [0.717, 1.165) is 30.6 Å². The summed E-state index contributed by atoms with van der Waals surface area (Å²) >= 11 is 0. The molecule has 2 aromatic rings. The van der Waals surface area contributed by atoms with Crippen molar-refractivity contribution in [2.75, 3.05) is 27.2 Å². The summed E-state index contributed by atoms with van der Waals surface area (Å²) in [5, 5.41) is 3.44. The van der Waals surface area contributed by atoms with Crippen LogP contribution in [0.25, 0.3) is 0 Å². The predicted octanol–water partition coefficient (Wildman–Crippen LogP) is 2.67. The average molecular weight is 308 g/mol. The van der Waals surface area contributed by atoms with E-state index < -0.39 is 5.41 Å². The second kappa shape index (κ2) is 6.55.